The first-order valence-corrected chi connectivity index (χ1v) is 8.67. The van der Waals surface area contributed by atoms with Crippen molar-refractivity contribution in [1.29, 1.82) is 0 Å². The fourth-order valence-corrected chi connectivity index (χ4v) is 3.71. The van der Waals surface area contributed by atoms with Gasteiger partial charge in [0.25, 0.3) is 5.91 Å². The molecule has 2 aromatic rings. The minimum absolute atomic E-state index is 0.104. The molecule has 2 aromatic carbocycles. The van der Waals surface area contributed by atoms with Gasteiger partial charge < -0.3 is 9.64 Å². The van der Waals surface area contributed by atoms with Gasteiger partial charge in [0.05, 0.1) is 11.6 Å². The molecular formula is C19H20BrNO2. The van der Waals surface area contributed by atoms with Crippen molar-refractivity contribution in [3.63, 3.8) is 0 Å². The lowest BCUT2D eigenvalue weighted by Gasteiger charge is -2.25. The maximum Gasteiger partial charge on any atom is 0.254 e. The highest BCUT2D eigenvalue weighted by Crippen LogP contribution is 2.28. The lowest BCUT2D eigenvalue weighted by Crippen LogP contribution is -2.36. The molecule has 1 heterocycles. The van der Waals surface area contributed by atoms with Gasteiger partial charge in [0.2, 0.25) is 0 Å². The van der Waals surface area contributed by atoms with Gasteiger partial charge >= 0.3 is 0 Å². The number of ether oxygens (including phenoxy) is 1. The first-order valence-electron chi connectivity index (χ1n) is 7.87. The number of carbonyl (C=O) groups excluding carboxylic acids is 1. The normalized spacial score (nSPS) is 17.3. The molecule has 0 aromatic heterocycles. The highest BCUT2D eigenvalue weighted by Gasteiger charge is 2.29. The van der Waals surface area contributed by atoms with E-state index in [0.29, 0.717) is 5.56 Å². The molecule has 1 amide bonds. The third kappa shape index (κ3) is 3.58. The minimum atomic E-state index is 0.104. The van der Waals surface area contributed by atoms with Crippen molar-refractivity contribution in [2.75, 3.05) is 13.7 Å². The average Bonchev–Trinajstić information content (AvgIpc) is 3.03. The highest BCUT2D eigenvalue weighted by molar-refractivity contribution is 9.10. The smallest absolute Gasteiger partial charge is 0.254 e. The van der Waals surface area contributed by atoms with E-state index in [4.69, 9.17) is 4.74 Å². The molecule has 1 fully saturated rings. The zero-order valence-corrected chi connectivity index (χ0v) is 14.8. The van der Waals surface area contributed by atoms with Gasteiger partial charge in [-0.25, -0.2) is 0 Å². The SMILES string of the molecule is COc1ccc(C(=O)N2CCC[C@H]2Cc2ccccc2)cc1Br. The second-order valence-corrected chi connectivity index (χ2v) is 6.69. The first-order chi connectivity index (χ1) is 11.2. The Labute approximate surface area is 145 Å². The van der Waals surface area contributed by atoms with Gasteiger partial charge in [0, 0.05) is 18.2 Å². The van der Waals surface area contributed by atoms with E-state index in [9.17, 15) is 4.79 Å². The second-order valence-electron chi connectivity index (χ2n) is 5.83. The van der Waals surface area contributed by atoms with Crippen LogP contribution in [0.15, 0.2) is 53.0 Å². The summed E-state index contributed by atoms with van der Waals surface area (Å²) >= 11 is 3.46. The number of rotatable bonds is 4. The predicted octanol–water partition coefficient (Wildman–Crippen LogP) is 4.31. The molecule has 3 rings (SSSR count). The Morgan fingerprint density at radius 3 is 2.74 bits per heavy atom. The van der Waals surface area contributed by atoms with Crippen LogP contribution in [0.3, 0.4) is 0 Å². The number of hydrogen-bond acceptors (Lipinski definition) is 2. The van der Waals surface area contributed by atoms with E-state index in [1.807, 2.05) is 29.2 Å². The van der Waals surface area contributed by atoms with Gasteiger partial charge in [-0.1, -0.05) is 30.3 Å². The Morgan fingerprint density at radius 1 is 1.26 bits per heavy atom. The van der Waals surface area contributed by atoms with E-state index in [1.165, 1.54) is 5.56 Å². The van der Waals surface area contributed by atoms with Crippen LogP contribution in [0.25, 0.3) is 0 Å². The molecule has 1 saturated heterocycles. The third-order valence-electron chi connectivity index (χ3n) is 4.35. The largest absolute Gasteiger partial charge is 0.496 e. The number of carbonyl (C=O) groups is 1. The number of hydrogen-bond donors (Lipinski definition) is 0. The van der Waals surface area contributed by atoms with E-state index in [2.05, 4.69) is 40.2 Å². The van der Waals surface area contributed by atoms with Gasteiger partial charge in [0.15, 0.2) is 0 Å². The number of benzene rings is 2. The molecule has 0 N–H and O–H groups in total. The maximum absolute atomic E-state index is 12.9. The van der Waals surface area contributed by atoms with Gasteiger partial charge in [-0.2, -0.15) is 0 Å². The van der Waals surface area contributed by atoms with E-state index in [1.54, 1.807) is 7.11 Å². The average molecular weight is 374 g/mol. The summed E-state index contributed by atoms with van der Waals surface area (Å²) in [5.74, 6) is 0.843. The molecule has 0 radical (unpaired) electrons. The van der Waals surface area contributed by atoms with Crippen molar-refractivity contribution in [1.82, 2.24) is 4.90 Å². The van der Waals surface area contributed by atoms with Crippen LogP contribution in [0.2, 0.25) is 0 Å². The molecule has 3 nitrogen and oxygen atoms in total. The Kier molecular flexibility index (Phi) is 5.01. The monoisotopic (exact) mass is 373 g/mol. The van der Waals surface area contributed by atoms with Crippen LogP contribution in [0, 0.1) is 0 Å². The van der Waals surface area contributed by atoms with Crippen molar-refractivity contribution < 1.29 is 9.53 Å². The first kappa shape index (κ1) is 16.1. The number of likely N-dealkylation sites (tertiary alicyclic amines) is 1. The molecule has 120 valence electrons. The minimum Gasteiger partial charge on any atom is -0.496 e. The molecule has 0 unspecified atom stereocenters. The van der Waals surface area contributed by atoms with Crippen LogP contribution < -0.4 is 4.74 Å². The molecule has 1 aliphatic rings. The number of methoxy groups -OCH3 is 1. The molecule has 23 heavy (non-hydrogen) atoms. The van der Waals surface area contributed by atoms with Crippen molar-refractivity contribution in [3.8, 4) is 5.75 Å². The van der Waals surface area contributed by atoms with Gasteiger partial charge in [0.1, 0.15) is 5.75 Å². The number of amides is 1. The van der Waals surface area contributed by atoms with Crippen LogP contribution in [0.4, 0.5) is 0 Å². The van der Waals surface area contributed by atoms with Crippen molar-refractivity contribution in [2.24, 2.45) is 0 Å². The van der Waals surface area contributed by atoms with Gasteiger partial charge in [-0.3, -0.25) is 4.79 Å². The number of nitrogens with zero attached hydrogens (tertiary/aromatic N) is 1. The van der Waals surface area contributed by atoms with E-state index in [-0.39, 0.29) is 11.9 Å². The fraction of sp³-hybridized carbons (Fsp3) is 0.316. The van der Waals surface area contributed by atoms with Crippen LogP contribution in [-0.4, -0.2) is 30.5 Å². The Hall–Kier alpha value is -1.81. The van der Waals surface area contributed by atoms with Crippen LogP contribution in [0.1, 0.15) is 28.8 Å². The van der Waals surface area contributed by atoms with Gasteiger partial charge in [-0.15, -0.1) is 0 Å². The summed E-state index contributed by atoms with van der Waals surface area (Å²) in [5, 5.41) is 0. The van der Waals surface area contributed by atoms with Gasteiger partial charge in [-0.05, 0) is 59.0 Å². The molecule has 1 aliphatic heterocycles. The summed E-state index contributed by atoms with van der Waals surface area (Å²) in [6, 6.07) is 16.2. The lowest BCUT2D eigenvalue weighted by molar-refractivity contribution is 0.0736. The van der Waals surface area contributed by atoms with Crippen LogP contribution in [-0.2, 0) is 6.42 Å². The third-order valence-corrected chi connectivity index (χ3v) is 4.97. The molecule has 0 aliphatic carbocycles. The molecule has 0 saturated carbocycles. The van der Waals surface area contributed by atoms with E-state index < -0.39 is 0 Å². The summed E-state index contributed by atoms with van der Waals surface area (Å²) in [4.78, 5) is 14.9. The van der Waals surface area contributed by atoms with Crippen molar-refractivity contribution in [3.05, 3.63) is 64.1 Å². The Bertz CT molecular complexity index is 687. The molecule has 0 bridgehead atoms. The molecule has 1 atom stereocenters. The topological polar surface area (TPSA) is 29.5 Å². The van der Waals surface area contributed by atoms with Crippen LogP contribution in [0.5, 0.6) is 5.75 Å². The Morgan fingerprint density at radius 2 is 2.04 bits per heavy atom. The highest BCUT2D eigenvalue weighted by atomic mass is 79.9. The zero-order chi connectivity index (χ0) is 16.2. The summed E-state index contributed by atoms with van der Waals surface area (Å²) < 4.78 is 6.04. The zero-order valence-electron chi connectivity index (χ0n) is 13.2. The summed E-state index contributed by atoms with van der Waals surface area (Å²) in [6.45, 7) is 0.833. The summed E-state index contributed by atoms with van der Waals surface area (Å²) in [6.07, 6.45) is 3.06. The number of halogens is 1. The lowest BCUT2D eigenvalue weighted by atomic mass is 10.0. The molecule has 0 spiro atoms. The fourth-order valence-electron chi connectivity index (χ4n) is 3.17. The van der Waals surface area contributed by atoms with Crippen LogP contribution >= 0.6 is 15.9 Å². The summed E-state index contributed by atoms with van der Waals surface area (Å²) in [7, 11) is 1.62. The predicted molar refractivity (Wildman–Crippen MR) is 94.9 cm³/mol. The second kappa shape index (κ2) is 7.18. The van der Waals surface area contributed by atoms with Crippen molar-refractivity contribution >= 4 is 21.8 Å². The van der Waals surface area contributed by atoms with E-state index >= 15 is 0 Å². The van der Waals surface area contributed by atoms with Crippen molar-refractivity contribution in [2.45, 2.75) is 25.3 Å². The van der Waals surface area contributed by atoms with E-state index in [0.717, 1.165) is 36.0 Å². The molecule has 4 heteroatoms. The standard InChI is InChI=1S/C19H20BrNO2/c1-23-18-10-9-15(13-17(18)20)19(22)21-11-5-8-16(21)12-14-6-3-2-4-7-14/h2-4,6-7,9-10,13,16H,5,8,11-12H2,1H3/t16-/m0/s1. The maximum atomic E-state index is 12.9. The summed E-state index contributed by atoms with van der Waals surface area (Å²) in [5.41, 5.74) is 1.99. The Balaban J connectivity index is 1.76. The quantitative estimate of drug-likeness (QED) is 0.799. The molecular weight excluding hydrogens is 354 g/mol.